The number of carbonyl (C=O) groups is 2. The van der Waals surface area contributed by atoms with E-state index >= 15 is 0 Å². The molecule has 17 atom stereocenters. The molecule has 0 aliphatic carbocycles. The Balaban J connectivity index is 2.01. The molecule has 3 N–H and O–H groups in total. The Morgan fingerprint density at radius 2 is 1.44 bits per heavy atom. The maximum absolute atomic E-state index is 13.8. The zero-order chi connectivity index (χ0) is 36.0. The van der Waals surface area contributed by atoms with Crippen LogP contribution in [0.5, 0.6) is 0 Å². The number of likely N-dealkylation sites (N-methyl/N-ethyl adjacent to an activating group) is 1. The molecule has 3 rings (SSSR count). The van der Waals surface area contributed by atoms with Gasteiger partial charge in [0.05, 0.1) is 55.8 Å². The van der Waals surface area contributed by atoms with Gasteiger partial charge in [-0.1, -0.05) is 27.7 Å². The van der Waals surface area contributed by atoms with Gasteiger partial charge >= 0.3 is 5.97 Å². The number of aliphatic hydroxyl groups is 3. The predicted molar refractivity (Wildman–Crippen MR) is 176 cm³/mol. The first-order valence-electron chi connectivity index (χ1n) is 17.6. The average Bonchev–Trinajstić information content (AvgIpc) is 3.04. The van der Waals surface area contributed by atoms with Gasteiger partial charge in [-0.3, -0.25) is 9.59 Å². The Morgan fingerprint density at radius 3 is 2.06 bits per heavy atom. The van der Waals surface area contributed by atoms with Gasteiger partial charge in [0.25, 0.3) is 0 Å². The van der Waals surface area contributed by atoms with Crippen molar-refractivity contribution in [3.63, 3.8) is 0 Å². The average molecular weight is 690 g/mol. The summed E-state index contributed by atoms with van der Waals surface area (Å²) in [5, 5.41) is 33.0. The Kier molecular flexibility index (Phi) is 15.7. The molecule has 13 heteroatoms. The highest BCUT2D eigenvalue weighted by atomic mass is 16.7. The van der Waals surface area contributed by atoms with Crippen LogP contribution in [0.3, 0.4) is 0 Å². The van der Waals surface area contributed by atoms with E-state index in [1.54, 1.807) is 34.6 Å². The third-order valence-corrected chi connectivity index (χ3v) is 10.8. The summed E-state index contributed by atoms with van der Waals surface area (Å²) in [6, 6.07) is -0.200. The molecule has 0 aromatic heterocycles. The normalized spacial score (nSPS) is 46.4. The topological polar surface area (TPSA) is 163 Å². The van der Waals surface area contributed by atoms with Crippen LogP contribution in [0.25, 0.3) is 0 Å². The van der Waals surface area contributed by atoms with Crippen LogP contribution in [0.4, 0.5) is 0 Å². The number of aliphatic hydroxyl groups excluding tert-OH is 3. The molecule has 13 nitrogen and oxygen atoms in total. The van der Waals surface area contributed by atoms with E-state index in [2.05, 4.69) is 0 Å². The van der Waals surface area contributed by atoms with E-state index in [9.17, 15) is 24.9 Å². The van der Waals surface area contributed by atoms with Crippen LogP contribution in [0.15, 0.2) is 0 Å². The van der Waals surface area contributed by atoms with Crippen molar-refractivity contribution < 1.29 is 58.1 Å². The van der Waals surface area contributed by atoms with Gasteiger partial charge in [-0.15, -0.1) is 0 Å². The Morgan fingerprint density at radius 1 is 0.771 bits per heavy atom. The number of nitrogens with zero attached hydrogens (tertiary/aromatic N) is 1. The summed E-state index contributed by atoms with van der Waals surface area (Å²) >= 11 is 0. The summed E-state index contributed by atoms with van der Waals surface area (Å²) in [7, 11) is 5.33. The van der Waals surface area contributed by atoms with E-state index in [0.29, 0.717) is 6.42 Å². The molecule has 0 aromatic carbocycles. The molecule has 3 saturated heterocycles. The SMILES string of the molecule is COC1CC(OC2C(C)C(=O)OC(C)C(C)C(O)C(C)C(=O)CCOCC(C)C(OC3OC(C)CC(N(C)C)C3O)C2C)OC(C)C1O. The fraction of sp³-hybridized carbons (Fsp3) is 0.943. The molecular formula is C35H63NO12. The van der Waals surface area contributed by atoms with Crippen LogP contribution in [0.2, 0.25) is 0 Å². The zero-order valence-corrected chi connectivity index (χ0v) is 30.8. The second kappa shape index (κ2) is 18.3. The lowest BCUT2D eigenvalue weighted by molar-refractivity contribution is -0.299. The van der Waals surface area contributed by atoms with Crippen molar-refractivity contribution in [2.45, 2.75) is 148 Å². The highest BCUT2D eigenvalue weighted by Gasteiger charge is 2.46. The molecule has 0 amide bonds. The number of hydrogen-bond acceptors (Lipinski definition) is 13. The minimum atomic E-state index is -1.02. The van der Waals surface area contributed by atoms with Gasteiger partial charge in [-0.05, 0) is 48.2 Å². The molecule has 0 saturated carbocycles. The van der Waals surface area contributed by atoms with Gasteiger partial charge in [0, 0.05) is 49.7 Å². The van der Waals surface area contributed by atoms with Crippen molar-refractivity contribution in [2.24, 2.45) is 29.6 Å². The third-order valence-electron chi connectivity index (χ3n) is 10.8. The van der Waals surface area contributed by atoms with Gasteiger partial charge in [0.1, 0.15) is 24.1 Å². The van der Waals surface area contributed by atoms with Crippen LogP contribution in [-0.4, -0.2) is 140 Å². The second-order valence-corrected chi connectivity index (χ2v) is 14.7. The molecule has 17 unspecified atom stereocenters. The minimum absolute atomic E-state index is 0.117. The molecule has 280 valence electrons. The van der Waals surface area contributed by atoms with Crippen molar-refractivity contribution in [3.8, 4) is 0 Å². The van der Waals surface area contributed by atoms with Crippen LogP contribution in [0, 0.1) is 29.6 Å². The number of rotatable bonds is 6. The van der Waals surface area contributed by atoms with Crippen molar-refractivity contribution >= 4 is 11.8 Å². The van der Waals surface area contributed by atoms with Gasteiger partial charge < -0.3 is 53.4 Å². The molecule has 3 aliphatic rings. The standard InChI is InChI=1S/C35H63NO12/c1-17-16-43-13-12-26(37)20(4)29(38)19(3)23(7)46-34(41)22(6)33(47-28-15-27(42-11)30(39)24(8)45-28)21(5)32(17)48-35-31(40)25(36(9)10)14-18(2)44-35/h17-25,27-33,35,38-40H,12-16H2,1-11H3. The number of ether oxygens (including phenoxy) is 7. The number of carbonyl (C=O) groups excluding carboxylic acids is 2. The highest BCUT2D eigenvalue weighted by molar-refractivity contribution is 5.81. The van der Waals surface area contributed by atoms with E-state index in [4.69, 9.17) is 33.2 Å². The maximum Gasteiger partial charge on any atom is 0.311 e. The smallest absolute Gasteiger partial charge is 0.311 e. The Bertz CT molecular complexity index is 1020. The van der Waals surface area contributed by atoms with Crippen molar-refractivity contribution in [1.29, 1.82) is 0 Å². The van der Waals surface area contributed by atoms with Gasteiger partial charge in [-0.25, -0.2) is 0 Å². The summed E-state index contributed by atoms with van der Waals surface area (Å²) in [6.45, 7) is 14.8. The molecule has 0 bridgehead atoms. The van der Waals surface area contributed by atoms with Crippen LogP contribution in [-0.2, 0) is 42.7 Å². The third kappa shape index (κ3) is 10.2. The maximum atomic E-state index is 13.8. The number of cyclic esters (lactones) is 1. The molecule has 48 heavy (non-hydrogen) atoms. The number of esters is 1. The van der Waals surface area contributed by atoms with Gasteiger partial charge in [-0.2, -0.15) is 0 Å². The second-order valence-electron chi connectivity index (χ2n) is 14.7. The summed E-state index contributed by atoms with van der Waals surface area (Å²) in [6.07, 6.45) is -7.09. The molecular weight excluding hydrogens is 626 g/mol. The van der Waals surface area contributed by atoms with E-state index in [0.717, 1.165) is 0 Å². The largest absolute Gasteiger partial charge is 0.462 e. The van der Waals surface area contributed by atoms with Crippen molar-refractivity contribution in [3.05, 3.63) is 0 Å². The highest BCUT2D eigenvalue weighted by Crippen LogP contribution is 2.35. The van der Waals surface area contributed by atoms with Crippen LogP contribution >= 0.6 is 0 Å². The fourth-order valence-electron chi connectivity index (χ4n) is 7.20. The Hall–Kier alpha value is -1.26. The number of ketones is 1. The first-order valence-corrected chi connectivity index (χ1v) is 17.6. The molecule has 0 radical (unpaired) electrons. The molecule has 0 aromatic rings. The van der Waals surface area contributed by atoms with Gasteiger partial charge in [0.2, 0.25) is 0 Å². The quantitative estimate of drug-likeness (QED) is 0.348. The predicted octanol–water partition coefficient (Wildman–Crippen LogP) is 2.16. The van der Waals surface area contributed by atoms with Crippen molar-refractivity contribution in [2.75, 3.05) is 34.4 Å². The monoisotopic (exact) mass is 689 g/mol. The van der Waals surface area contributed by atoms with Crippen LogP contribution < -0.4 is 0 Å². The first kappa shape index (κ1) is 41.2. The minimum Gasteiger partial charge on any atom is -0.462 e. The summed E-state index contributed by atoms with van der Waals surface area (Å²) < 4.78 is 43.0. The lowest BCUT2D eigenvalue weighted by Gasteiger charge is -2.45. The Labute approximate surface area is 286 Å². The lowest BCUT2D eigenvalue weighted by Crippen LogP contribution is -2.57. The molecule has 3 fully saturated rings. The lowest BCUT2D eigenvalue weighted by atomic mass is 9.83. The van der Waals surface area contributed by atoms with E-state index in [1.807, 2.05) is 39.8 Å². The molecule has 3 aliphatic heterocycles. The van der Waals surface area contributed by atoms with E-state index < -0.39 is 91.1 Å². The van der Waals surface area contributed by atoms with Crippen LogP contribution in [0.1, 0.15) is 74.7 Å². The number of Topliss-reactive ketones (excluding diaryl/α,β-unsaturated/α-hetero) is 1. The van der Waals surface area contributed by atoms with Gasteiger partial charge in [0.15, 0.2) is 12.6 Å². The zero-order valence-electron chi connectivity index (χ0n) is 30.8. The van der Waals surface area contributed by atoms with E-state index in [1.165, 1.54) is 7.11 Å². The fourth-order valence-corrected chi connectivity index (χ4v) is 7.20. The molecule has 0 spiro atoms. The van der Waals surface area contributed by atoms with E-state index in [-0.39, 0.29) is 49.9 Å². The first-order chi connectivity index (χ1) is 22.5. The number of methoxy groups -OCH3 is 1. The van der Waals surface area contributed by atoms with Crippen molar-refractivity contribution in [1.82, 2.24) is 4.90 Å². The summed E-state index contributed by atoms with van der Waals surface area (Å²) in [5.74, 6) is -3.53. The number of hydrogen-bond donors (Lipinski definition) is 3. The molecule has 3 heterocycles. The summed E-state index contributed by atoms with van der Waals surface area (Å²) in [4.78, 5) is 28.8. The summed E-state index contributed by atoms with van der Waals surface area (Å²) in [5.41, 5.74) is 0.